The number of fused-ring (bicyclic) bond motifs is 9. The molecule has 0 unspecified atom stereocenters. The molecular weight excluding hydrogens is 629 g/mol. The first-order chi connectivity index (χ1) is 25.8. The van der Waals surface area contributed by atoms with Crippen molar-refractivity contribution in [2.75, 3.05) is 0 Å². The quantitative estimate of drug-likeness (QED) is 0.166. The van der Waals surface area contributed by atoms with Crippen molar-refractivity contribution in [1.82, 2.24) is 9.13 Å². The molecule has 242 valence electrons. The fourth-order valence-electron chi connectivity index (χ4n) is 8.71. The van der Waals surface area contributed by atoms with Crippen LogP contribution in [0.1, 0.15) is 0 Å². The Morgan fingerprint density at radius 3 is 1.38 bits per heavy atom. The number of hydrogen-bond donors (Lipinski definition) is 0. The molecule has 0 radical (unpaired) electrons. The lowest BCUT2D eigenvalue weighted by molar-refractivity contribution is 1.18. The van der Waals surface area contributed by atoms with Gasteiger partial charge in [-0.3, -0.25) is 0 Å². The third kappa shape index (κ3) is 4.12. The molecule has 0 aliphatic carbocycles. The first-order valence-electron chi connectivity index (χ1n) is 18.0. The van der Waals surface area contributed by atoms with Gasteiger partial charge in [0, 0.05) is 38.0 Å². The summed E-state index contributed by atoms with van der Waals surface area (Å²) in [7, 11) is 0. The van der Waals surface area contributed by atoms with Crippen molar-refractivity contribution < 1.29 is 0 Å². The van der Waals surface area contributed by atoms with E-state index < -0.39 is 0 Å². The zero-order valence-corrected chi connectivity index (χ0v) is 28.4. The molecule has 2 nitrogen and oxygen atoms in total. The van der Waals surface area contributed by atoms with Gasteiger partial charge in [-0.25, -0.2) is 0 Å². The Morgan fingerprint density at radius 2 is 0.750 bits per heavy atom. The highest BCUT2D eigenvalue weighted by Crippen LogP contribution is 2.46. The van der Waals surface area contributed by atoms with E-state index in [9.17, 15) is 0 Å². The van der Waals surface area contributed by atoms with E-state index in [0.29, 0.717) is 0 Å². The van der Waals surface area contributed by atoms with Crippen LogP contribution in [0.3, 0.4) is 0 Å². The molecule has 11 rings (SSSR count). The monoisotopic (exact) mass is 660 g/mol. The second kappa shape index (κ2) is 11.3. The van der Waals surface area contributed by atoms with Gasteiger partial charge in [0.25, 0.3) is 0 Å². The molecule has 2 heterocycles. The highest BCUT2D eigenvalue weighted by Gasteiger charge is 2.23. The van der Waals surface area contributed by atoms with Gasteiger partial charge in [0.1, 0.15) is 0 Å². The third-order valence-corrected chi connectivity index (χ3v) is 10.9. The summed E-state index contributed by atoms with van der Waals surface area (Å²) in [4.78, 5) is 0. The number of aromatic nitrogens is 2. The molecular formula is C50H32N2. The second-order valence-electron chi connectivity index (χ2n) is 13.7. The molecule has 0 amide bonds. The average molecular weight is 661 g/mol. The minimum absolute atomic E-state index is 1.15. The maximum atomic E-state index is 2.53. The molecule has 0 N–H and O–H groups in total. The molecule has 0 saturated carbocycles. The van der Waals surface area contributed by atoms with Gasteiger partial charge in [-0.05, 0) is 63.4 Å². The Labute approximate surface area is 301 Å². The summed E-state index contributed by atoms with van der Waals surface area (Å²) >= 11 is 0. The van der Waals surface area contributed by atoms with E-state index in [4.69, 9.17) is 0 Å². The molecule has 0 fully saturated rings. The predicted molar refractivity (Wildman–Crippen MR) is 221 cm³/mol. The summed E-state index contributed by atoms with van der Waals surface area (Å²) in [6, 6.07) is 70.9. The Balaban J connectivity index is 1.28. The predicted octanol–water partition coefficient (Wildman–Crippen LogP) is 13.5. The van der Waals surface area contributed by atoms with Crippen LogP contribution in [0.2, 0.25) is 0 Å². The first kappa shape index (κ1) is 28.9. The fourth-order valence-corrected chi connectivity index (χ4v) is 8.71. The van der Waals surface area contributed by atoms with Gasteiger partial charge in [0.2, 0.25) is 0 Å². The van der Waals surface area contributed by atoms with Gasteiger partial charge in [-0.15, -0.1) is 0 Å². The zero-order chi connectivity index (χ0) is 34.2. The Morgan fingerprint density at radius 1 is 0.269 bits per heavy atom. The van der Waals surface area contributed by atoms with Crippen LogP contribution in [0.5, 0.6) is 0 Å². The van der Waals surface area contributed by atoms with Crippen LogP contribution in [0, 0.1) is 0 Å². The maximum absolute atomic E-state index is 2.53. The summed E-state index contributed by atoms with van der Waals surface area (Å²) in [6.07, 6.45) is 0. The van der Waals surface area contributed by atoms with Gasteiger partial charge in [0.15, 0.2) is 0 Å². The standard InChI is InChI=1S/C50H32N2/c1-3-15-33(16-4-1)34-27-29-36(30-28-34)51-44-25-13-11-19-37(44)42-31-32-46-48(50(42)51)43-24-12-14-26-45(43)52(46)49-40-22-9-7-20-38(40)47(35-17-5-2-6-18-35)39-21-8-10-23-41(39)49/h1-32H. The van der Waals surface area contributed by atoms with Gasteiger partial charge >= 0.3 is 0 Å². The van der Waals surface area contributed by atoms with E-state index >= 15 is 0 Å². The van der Waals surface area contributed by atoms with Crippen LogP contribution in [0.25, 0.3) is 98.8 Å². The molecule has 0 bridgehead atoms. The highest BCUT2D eigenvalue weighted by atomic mass is 15.0. The molecule has 0 aliphatic heterocycles. The fraction of sp³-hybridized carbons (Fsp3) is 0. The normalized spacial score (nSPS) is 11.8. The van der Waals surface area contributed by atoms with E-state index in [2.05, 4.69) is 203 Å². The van der Waals surface area contributed by atoms with Gasteiger partial charge in [0.05, 0.1) is 27.8 Å². The summed E-state index contributed by atoms with van der Waals surface area (Å²) in [5.41, 5.74) is 12.1. The Bertz CT molecular complexity index is 3090. The largest absolute Gasteiger partial charge is 0.309 e. The van der Waals surface area contributed by atoms with Crippen molar-refractivity contribution in [3.05, 3.63) is 194 Å². The van der Waals surface area contributed by atoms with E-state index in [1.165, 1.54) is 93.1 Å². The maximum Gasteiger partial charge on any atom is 0.0641 e. The lowest BCUT2D eigenvalue weighted by atomic mass is 9.90. The van der Waals surface area contributed by atoms with E-state index in [0.717, 1.165) is 5.69 Å². The summed E-state index contributed by atoms with van der Waals surface area (Å²) in [5.74, 6) is 0. The van der Waals surface area contributed by atoms with Crippen molar-refractivity contribution >= 4 is 65.2 Å². The summed E-state index contributed by atoms with van der Waals surface area (Å²) in [6.45, 7) is 0. The molecule has 2 heteroatoms. The van der Waals surface area contributed by atoms with Crippen molar-refractivity contribution in [3.8, 4) is 33.6 Å². The second-order valence-corrected chi connectivity index (χ2v) is 13.7. The first-order valence-corrected chi connectivity index (χ1v) is 18.0. The average Bonchev–Trinajstić information content (AvgIpc) is 3.73. The van der Waals surface area contributed by atoms with Crippen LogP contribution in [-0.2, 0) is 0 Å². The number of hydrogen-bond acceptors (Lipinski definition) is 0. The minimum atomic E-state index is 1.15. The van der Waals surface area contributed by atoms with Crippen LogP contribution >= 0.6 is 0 Å². The van der Waals surface area contributed by atoms with Crippen LogP contribution < -0.4 is 0 Å². The highest BCUT2D eigenvalue weighted by molar-refractivity contribution is 6.28. The lowest BCUT2D eigenvalue weighted by Gasteiger charge is -2.19. The van der Waals surface area contributed by atoms with Crippen molar-refractivity contribution in [3.63, 3.8) is 0 Å². The van der Waals surface area contributed by atoms with E-state index in [1.807, 2.05) is 0 Å². The lowest BCUT2D eigenvalue weighted by Crippen LogP contribution is -1.99. The smallest absolute Gasteiger partial charge is 0.0641 e. The van der Waals surface area contributed by atoms with Crippen LogP contribution in [0.15, 0.2) is 194 Å². The number of para-hydroxylation sites is 2. The molecule has 0 saturated heterocycles. The Hall–Kier alpha value is -6.90. The van der Waals surface area contributed by atoms with Gasteiger partial charge in [-0.2, -0.15) is 0 Å². The van der Waals surface area contributed by atoms with Crippen molar-refractivity contribution in [1.29, 1.82) is 0 Å². The number of nitrogens with zero attached hydrogens (tertiary/aromatic N) is 2. The van der Waals surface area contributed by atoms with Crippen LogP contribution in [-0.4, -0.2) is 9.13 Å². The Kier molecular flexibility index (Phi) is 6.28. The SMILES string of the molecule is c1ccc(-c2ccc(-n3c4ccccc4c4ccc5c(c6ccccc6n5-c5c6ccccc6c(-c6ccccc6)c6ccccc56)c43)cc2)cc1. The third-order valence-electron chi connectivity index (χ3n) is 10.9. The van der Waals surface area contributed by atoms with Gasteiger partial charge < -0.3 is 9.13 Å². The molecule has 52 heavy (non-hydrogen) atoms. The van der Waals surface area contributed by atoms with Crippen molar-refractivity contribution in [2.24, 2.45) is 0 Å². The van der Waals surface area contributed by atoms with Crippen LogP contribution in [0.4, 0.5) is 0 Å². The molecule has 0 aliphatic rings. The molecule has 11 aromatic rings. The van der Waals surface area contributed by atoms with E-state index in [-0.39, 0.29) is 0 Å². The molecule has 2 aromatic heterocycles. The topological polar surface area (TPSA) is 9.86 Å². The zero-order valence-electron chi connectivity index (χ0n) is 28.4. The molecule has 9 aromatic carbocycles. The summed E-state index contributed by atoms with van der Waals surface area (Å²) < 4.78 is 5.01. The molecule has 0 spiro atoms. The van der Waals surface area contributed by atoms with Gasteiger partial charge in [-0.1, -0.05) is 164 Å². The van der Waals surface area contributed by atoms with Crippen molar-refractivity contribution in [2.45, 2.75) is 0 Å². The summed E-state index contributed by atoms with van der Waals surface area (Å²) in [5, 5.41) is 9.99. The molecule has 0 atom stereocenters. The minimum Gasteiger partial charge on any atom is -0.309 e. The van der Waals surface area contributed by atoms with E-state index in [1.54, 1.807) is 0 Å². The number of rotatable bonds is 4. The number of benzene rings is 9.